The number of carboxylic acid groups (broad SMARTS) is 1. The number of nitrogens with zero attached hydrogens (tertiary/aromatic N) is 2. The van der Waals surface area contributed by atoms with E-state index in [1.807, 2.05) is 0 Å². The first-order chi connectivity index (χ1) is 9.11. The third kappa shape index (κ3) is 2.29. The second-order valence-electron chi connectivity index (χ2n) is 4.42. The van der Waals surface area contributed by atoms with E-state index in [9.17, 15) is 9.18 Å². The average Bonchev–Trinajstić information content (AvgIpc) is 2.95. The van der Waals surface area contributed by atoms with Gasteiger partial charge in [0.25, 0.3) is 0 Å². The Balaban J connectivity index is 1.71. The van der Waals surface area contributed by atoms with Crippen LogP contribution in [0.2, 0.25) is 0 Å². The zero-order chi connectivity index (χ0) is 13.4. The molecule has 0 spiro atoms. The lowest BCUT2D eigenvalue weighted by Gasteiger charge is -2.10. The van der Waals surface area contributed by atoms with Gasteiger partial charge in [0.1, 0.15) is 17.7 Å². The van der Waals surface area contributed by atoms with Crippen molar-refractivity contribution >= 4 is 5.97 Å². The van der Waals surface area contributed by atoms with Crippen LogP contribution < -0.4 is 4.74 Å². The molecule has 1 atom stereocenters. The second-order valence-corrected chi connectivity index (χ2v) is 4.42. The summed E-state index contributed by atoms with van der Waals surface area (Å²) >= 11 is 0. The Kier molecular flexibility index (Phi) is 2.70. The Morgan fingerprint density at radius 1 is 1.53 bits per heavy atom. The number of hydrogen-bond donors (Lipinski definition) is 1. The summed E-state index contributed by atoms with van der Waals surface area (Å²) in [7, 11) is 0. The van der Waals surface area contributed by atoms with Crippen LogP contribution in [-0.2, 0) is 13.0 Å². The fraction of sp³-hybridized carbons (Fsp3) is 0.231. The quantitative estimate of drug-likeness (QED) is 0.914. The number of hydrogen-bond acceptors (Lipinski definition) is 3. The van der Waals surface area contributed by atoms with E-state index in [-0.39, 0.29) is 17.6 Å². The van der Waals surface area contributed by atoms with Gasteiger partial charge in [0.15, 0.2) is 5.69 Å². The van der Waals surface area contributed by atoms with Crippen LogP contribution in [0.1, 0.15) is 16.1 Å². The molecule has 2 heterocycles. The van der Waals surface area contributed by atoms with Crippen LogP contribution in [0.25, 0.3) is 0 Å². The summed E-state index contributed by atoms with van der Waals surface area (Å²) in [6.07, 6.45) is 2.03. The molecule has 0 bridgehead atoms. The van der Waals surface area contributed by atoms with Crippen molar-refractivity contribution < 1.29 is 19.0 Å². The monoisotopic (exact) mass is 262 g/mol. The molecule has 2 aromatic rings. The number of ether oxygens (including phenoxy) is 1. The molecule has 0 fully saturated rings. The number of carbonyl (C=O) groups is 1. The van der Waals surface area contributed by atoms with E-state index in [4.69, 9.17) is 9.84 Å². The average molecular weight is 262 g/mol. The van der Waals surface area contributed by atoms with E-state index in [1.165, 1.54) is 22.9 Å². The molecule has 19 heavy (non-hydrogen) atoms. The van der Waals surface area contributed by atoms with Gasteiger partial charge < -0.3 is 9.84 Å². The molecule has 0 aliphatic carbocycles. The maximum absolute atomic E-state index is 13.1. The molecule has 1 aliphatic rings. The highest BCUT2D eigenvalue weighted by Crippen LogP contribution is 2.29. The SMILES string of the molecule is O=C(O)c1ccn(CC2Cc3cc(F)ccc3O2)n1. The van der Waals surface area contributed by atoms with Crippen molar-refractivity contribution in [2.75, 3.05) is 0 Å². The smallest absolute Gasteiger partial charge is 0.356 e. The van der Waals surface area contributed by atoms with Gasteiger partial charge in [-0.05, 0) is 24.3 Å². The minimum Gasteiger partial charge on any atom is -0.488 e. The molecule has 1 N–H and O–H groups in total. The fourth-order valence-electron chi connectivity index (χ4n) is 2.18. The summed E-state index contributed by atoms with van der Waals surface area (Å²) in [4.78, 5) is 10.7. The maximum atomic E-state index is 13.1. The standard InChI is InChI=1S/C13H11FN2O3/c14-9-1-2-12-8(5-9)6-10(19-12)7-16-4-3-11(15-16)13(17)18/h1-5,10H,6-7H2,(H,17,18). The molecule has 5 nitrogen and oxygen atoms in total. The topological polar surface area (TPSA) is 64.3 Å². The number of aromatic nitrogens is 2. The van der Waals surface area contributed by atoms with Gasteiger partial charge >= 0.3 is 5.97 Å². The van der Waals surface area contributed by atoms with Crippen molar-refractivity contribution in [3.05, 3.63) is 47.5 Å². The van der Waals surface area contributed by atoms with Crippen molar-refractivity contribution in [3.63, 3.8) is 0 Å². The second kappa shape index (κ2) is 4.38. The number of fused-ring (bicyclic) bond motifs is 1. The first kappa shape index (κ1) is 11.7. The maximum Gasteiger partial charge on any atom is 0.356 e. The number of rotatable bonds is 3. The third-order valence-corrected chi connectivity index (χ3v) is 3.01. The summed E-state index contributed by atoms with van der Waals surface area (Å²) in [6.45, 7) is 0.434. The lowest BCUT2D eigenvalue weighted by Crippen LogP contribution is -2.21. The van der Waals surface area contributed by atoms with E-state index < -0.39 is 5.97 Å². The van der Waals surface area contributed by atoms with Gasteiger partial charge in [0.2, 0.25) is 0 Å². The van der Waals surface area contributed by atoms with Crippen molar-refractivity contribution in [2.45, 2.75) is 19.1 Å². The van der Waals surface area contributed by atoms with E-state index >= 15 is 0 Å². The molecule has 0 saturated heterocycles. The van der Waals surface area contributed by atoms with Gasteiger partial charge in [-0.2, -0.15) is 5.10 Å². The van der Waals surface area contributed by atoms with Gasteiger partial charge in [-0.15, -0.1) is 0 Å². The Morgan fingerprint density at radius 3 is 3.11 bits per heavy atom. The predicted octanol–water partition coefficient (Wildman–Crippen LogP) is 1.72. The summed E-state index contributed by atoms with van der Waals surface area (Å²) < 4.78 is 20.3. The zero-order valence-corrected chi connectivity index (χ0v) is 9.91. The molecule has 0 saturated carbocycles. The lowest BCUT2D eigenvalue weighted by atomic mass is 10.1. The van der Waals surface area contributed by atoms with Gasteiger partial charge in [-0.25, -0.2) is 9.18 Å². The minimum absolute atomic E-state index is 0.00144. The van der Waals surface area contributed by atoms with E-state index in [0.717, 1.165) is 5.56 Å². The van der Waals surface area contributed by atoms with Crippen LogP contribution >= 0.6 is 0 Å². The zero-order valence-electron chi connectivity index (χ0n) is 9.91. The first-order valence-electron chi connectivity index (χ1n) is 5.83. The van der Waals surface area contributed by atoms with Crippen LogP contribution in [-0.4, -0.2) is 27.0 Å². The Hall–Kier alpha value is -2.37. The number of carboxylic acids is 1. The van der Waals surface area contributed by atoms with Crippen LogP contribution in [0.5, 0.6) is 5.75 Å². The first-order valence-corrected chi connectivity index (χ1v) is 5.83. The van der Waals surface area contributed by atoms with Crippen molar-refractivity contribution in [3.8, 4) is 5.75 Å². The normalized spacial score (nSPS) is 17.0. The third-order valence-electron chi connectivity index (χ3n) is 3.01. The summed E-state index contributed by atoms with van der Waals surface area (Å²) in [5.41, 5.74) is 0.831. The van der Waals surface area contributed by atoms with Gasteiger partial charge in [-0.1, -0.05) is 0 Å². The van der Waals surface area contributed by atoms with Gasteiger partial charge in [-0.3, -0.25) is 4.68 Å². The molecule has 1 unspecified atom stereocenters. The van der Waals surface area contributed by atoms with Gasteiger partial charge in [0.05, 0.1) is 6.54 Å². The molecule has 0 amide bonds. The number of halogens is 1. The number of aromatic carboxylic acids is 1. The highest BCUT2D eigenvalue weighted by Gasteiger charge is 2.24. The summed E-state index contributed by atoms with van der Waals surface area (Å²) in [5.74, 6) is -0.663. The summed E-state index contributed by atoms with van der Waals surface area (Å²) in [6, 6.07) is 5.86. The molecule has 1 aliphatic heterocycles. The van der Waals surface area contributed by atoms with Crippen LogP contribution in [0, 0.1) is 5.82 Å². The fourth-order valence-corrected chi connectivity index (χ4v) is 2.18. The lowest BCUT2D eigenvalue weighted by molar-refractivity contribution is 0.0688. The molecule has 6 heteroatoms. The van der Waals surface area contributed by atoms with Crippen LogP contribution in [0.4, 0.5) is 4.39 Å². The van der Waals surface area contributed by atoms with Gasteiger partial charge in [0, 0.05) is 18.2 Å². The van der Waals surface area contributed by atoms with Crippen LogP contribution in [0.15, 0.2) is 30.5 Å². The molecule has 1 aromatic heterocycles. The molecule has 3 rings (SSSR count). The Morgan fingerprint density at radius 2 is 2.37 bits per heavy atom. The number of benzene rings is 1. The molecular weight excluding hydrogens is 251 g/mol. The Bertz CT molecular complexity index is 639. The predicted molar refractivity (Wildman–Crippen MR) is 63.7 cm³/mol. The van der Waals surface area contributed by atoms with Crippen molar-refractivity contribution in [2.24, 2.45) is 0 Å². The van der Waals surface area contributed by atoms with E-state index in [1.54, 1.807) is 12.3 Å². The van der Waals surface area contributed by atoms with Crippen molar-refractivity contribution in [1.29, 1.82) is 0 Å². The summed E-state index contributed by atoms with van der Waals surface area (Å²) in [5, 5.41) is 12.7. The minimum atomic E-state index is -1.06. The van der Waals surface area contributed by atoms with E-state index in [2.05, 4.69) is 5.10 Å². The van der Waals surface area contributed by atoms with E-state index in [0.29, 0.717) is 18.7 Å². The highest BCUT2D eigenvalue weighted by atomic mass is 19.1. The Labute approximate surface area is 108 Å². The molecule has 1 aromatic carbocycles. The molecule has 0 radical (unpaired) electrons. The molecular formula is C13H11FN2O3. The molecule has 98 valence electrons. The highest BCUT2D eigenvalue weighted by molar-refractivity contribution is 5.85. The van der Waals surface area contributed by atoms with Crippen LogP contribution in [0.3, 0.4) is 0 Å². The van der Waals surface area contributed by atoms with Crippen molar-refractivity contribution in [1.82, 2.24) is 9.78 Å². The largest absolute Gasteiger partial charge is 0.488 e.